The van der Waals surface area contributed by atoms with Crippen LogP contribution in [0.15, 0.2) is 36.4 Å². The van der Waals surface area contributed by atoms with Crippen LogP contribution in [0.25, 0.3) is 0 Å². The van der Waals surface area contributed by atoms with Crippen LogP contribution in [0.2, 0.25) is 5.02 Å². The van der Waals surface area contributed by atoms with Gasteiger partial charge < -0.3 is 19.5 Å². The molecule has 0 atom stereocenters. The fourth-order valence-corrected chi connectivity index (χ4v) is 2.60. The molecule has 2 aromatic carbocycles. The Morgan fingerprint density at radius 3 is 2.56 bits per heavy atom. The number of benzene rings is 2. The van der Waals surface area contributed by atoms with Gasteiger partial charge in [0.1, 0.15) is 5.82 Å². The average Bonchev–Trinajstić information content (AvgIpc) is 2.63. The van der Waals surface area contributed by atoms with Crippen molar-refractivity contribution in [3.63, 3.8) is 0 Å². The highest BCUT2D eigenvalue weighted by Crippen LogP contribution is 2.29. The number of aliphatic carboxylic acids is 1. The summed E-state index contributed by atoms with van der Waals surface area (Å²) in [6, 6.07) is 8.74. The van der Waals surface area contributed by atoms with E-state index in [0.717, 1.165) is 0 Å². The summed E-state index contributed by atoms with van der Waals surface area (Å²) >= 11 is 6.01. The summed E-state index contributed by atoms with van der Waals surface area (Å²) in [7, 11) is 1.53. The maximum absolute atomic E-state index is 13.9. The lowest BCUT2D eigenvalue weighted by Gasteiger charge is -2.19. The number of hydrogen-bond donors (Lipinski definition) is 1. The third-order valence-electron chi connectivity index (χ3n) is 3.65. The minimum absolute atomic E-state index is 0.00836. The molecular weight excluding hydrogens is 377 g/mol. The van der Waals surface area contributed by atoms with Gasteiger partial charge in [-0.05, 0) is 37.3 Å². The van der Waals surface area contributed by atoms with Crippen molar-refractivity contribution in [2.24, 2.45) is 0 Å². The van der Waals surface area contributed by atoms with Gasteiger partial charge in [0.05, 0.1) is 6.61 Å². The van der Waals surface area contributed by atoms with Gasteiger partial charge in [-0.1, -0.05) is 17.7 Å². The largest absolute Gasteiger partial charge is 0.490 e. The molecule has 0 saturated carbocycles. The van der Waals surface area contributed by atoms with Crippen molar-refractivity contribution in [2.45, 2.75) is 13.5 Å². The van der Waals surface area contributed by atoms with Gasteiger partial charge in [-0.2, -0.15) is 0 Å². The number of ether oxygens (including phenoxy) is 2. The molecule has 1 amide bonds. The molecule has 0 unspecified atom stereocenters. The minimum atomic E-state index is -1.13. The van der Waals surface area contributed by atoms with Gasteiger partial charge in [-0.15, -0.1) is 0 Å². The zero-order chi connectivity index (χ0) is 20.0. The first-order valence-corrected chi connectivity index (χ1v) is 8.51. The normalized spacial score (nSPS) is 10.4. The standard InChI is InChI=1S/C19H19ClFNO5/c1-3-26-17-9-12(7-8-16(17)27-11-18(23)24)19(25)22(2)10-13-14(20)5-4-6-15(13)21/h4-9H,3,10-11H2,1-2H3,(H,23,24). The molecule has 0 aliphatic heterocycles. The van der Waals surface area contributed by atoms with Gasteiger partial charge in [0.15, 0.2) is 18.1 Å². The number of carbonyl (C=O) groups excluding carboxylic acids is 1. The molecule has 0 heterocycles. The van der Waals surface area contributed by atoms with Crippen molar-refractivity contribution < 1.29 is 28.6 Å². The van der Waals surface area contributed by atoms with Crippen LogP contribution >= 0.6 is 11.6 Å². The first-order valence-electron chi connectivity index (χ1n) is 8.13. The predicted octanol–water partition coefficient (Wildman–Crippen LogP) is 3.61. The van der Waals surface area contributed by atoms with Crippen LogP contribution in [0.3, 0.4) is 0 Å². The van der Waals surface area contributed by atoms with Crippen LogP contribution in [0, 0.1) is 5.82 Å². The third kappa shape index (κ3) is 5.34. The summed E-state index contributed by atoms with van der Waals surface area (Å²) in [6.07, 6.45) is 0. The van der Waals surface area contributed by atoms with E-state index in [0.29, 0.717) is 6.61 Å². The van der Waals surface area contributed by atoms with E-state index in [9.17, 15) is 14.0 Å². The molecule has 144 valence electrons. The van der Waals surface area contributed by atoms with Crippen LogP contribution in [-0.4, -0.2) is 42.1 Å². The van der Waals surface area contributed by atoms with Crippen molar-refractivity contribution >= 4 is 23.5 Å². The summed E-state index contributed by atoms with van der Waals surface area (Å²) in [4.78, 5) is 24.7. The van der Waals surface area contributed by atoms with Crippen LogP contribution in [0.4, 0.5) is 4.39 Å². The molecule has 27 heavy (non-hydrogen) atoms. The molecule has 0 aliphatic carbocycles. The Hall–Kier alpha value is -2.80. The monoisotopic (exact) mass is 395 g/mol. The number of nitrogens with zero attached hydrogens (tertiary/aromatic N) is 1. The fourth-order valence-electron chi connectivity index (χ4n) is 2.38. The molecule has 1 N–H and O–H groups in total. The first kappa shape index (κ1) is 20.5. The van der Waals surface area contributed by atoms with Crippen LogP contribution in [-0.2, 0) is 11.3 Å². The van der Waals surface area contributed by atoms with E-state index in [1.54, 1.807) is 13.0 Å². The van der Waals surface area contributed by atoms with Crippen LogP contribution in [0.1, 0.15) is 22.8 Å². The van der Waals surface area contributed by atoms with E-state index < -0.39 is 18.4 Å². The van der Waals surface area contributed by atoms with Gasteiger partial charge in [0.2, 0.25) is 0 Å². The lowest BCUT2D eigenvalue weighted by Crippen LogP contribution is -2.27. The molecule has 0 fully saturated rings. The molecule has 6 nitrogen and oxygen atoms in total. The minimum Gasteiger partial charge on any atom is -0.490 e. The summed E-state index contributed by atoms with van der Waals surface area (Å²) < 4.78 is 24.5. The number of carbonyl (C=O) groups is 2. The average molecular weight is 396 g/mol. The Bertz CT molecular complexity index is 823. The summed E-state index contributed by atoms with van der Waals surface area (Å²) in [5.74, 6) is -1.52. The molecule has 0 aromatic heterocycles. The van der Waals surface area contributed by atoms with Crippen molar-refractivity contribution in [2.75, 3.05) is 20.3 Å². The molecule has 2 aromatic rings. The Labute approximate surface area is 161 Å². The zero-order valence-electron chi connectivity index (χ0n) is 14.9. The highest BCUT2D eigenvalue weighted by atomic mass is 35.5. The highest BCUT2D eigenvalue weighted by Gasteiger charge is 2.18. The van der Waals surface area contributed by atoms with Crippen molar-refractivity contribution in [3.05, 3.63) is 58.4 Å². The first-order chi connectivity index (χ1) is 12.8. The maximum atomic E-state index is 13.9. The van der Waals surface area contributed by atoms with E-state index in [1.165, 1.54) is 42.3 Å². The van der Waals surface area contributed by atoms with E-state index in [2.05, 4.69) is 0 Å². The second-order valence-electron chi connectivity index (χ2n) is 5.64. The van der Waals surface area contributed by atoms with Crippen molar-refractivity contribution in [3.8, 4) is 11.5 Å². The molecule has 0 spiro atoms. The Balaban J connectivity index is 2.21. The number of amides is 1. The summed E-state index contributed by atoms with van der Waals surface area (Å²) in [5.41, 5.74) is 0.512. The molecule has 2 rings (SSSR count). The Morgan fingerprint density at radius 2 is 1.93 bits per heavy atom. The van der Waals surface area contributed by atoms with E-state index in [1.807, 2.05) is 0 Å². The van der Waals surface area contributed by atoms with Gasteiger partial charge in [-0.3, -0.25) is 4.79 Å². The molecule has 0 bridgehead atoms. The smallest absolute Gasteiger partial charge is 0.341 e. The number of hydrogen-bond acceptors (Lipinski definition) is 4. The predicted molar refractivity (Wildman–Crippen MR) is 97.9 cm³/mol. The maximum Gasteiger partial charge on any atom is 0.341 e. The van der Waals surface area contributed by atoms with E-state index in [4.69, 9.17) is 26.2 Å². The highest BCUT2D eigenvalue weighted by molar-refractivity contribution is 6.31. The Morgan fingerprint density at radius 1 is 1.19 bits per heavy atom. The van der Waals surface area contributed by atoms with Crippen LogP contribution in [0.5, 0.6) is 11.5 Å². The molecule has 0 aliphatic rings. The lowest BCUT2D eigenvalue weighted by atomic mass is 10.1. The van der Waals surface area contributed by atoms with Crippen LogP contribution < -0.4 is 9.47 Å². The zero-order valence-corrected chi connectivity index (χ0v) is 15.6. The second kappa shape index (κ2) is 9.23. The van der Waals surface area contributed by atoms with E-state index in [-0.39, 0.29) is 40.1 Å². The SMILES string of the molecule is CCOc1cc(C(=O)N(C)Cc2c(F)cccc2Cl)ccc1OCC(=O)O. The van der Waals surface area contributed by atoms with Gasteiger partial charge in [0.25, 0.3) is 5.91 Å². The van der Waals surface area contributed by atoms with E-state index >= 15 is 0 Å². The second-order valence-corrected chi connectivity index (χ2v) is 6.05. The number of carboxylic acid groups (broad SMARTS) is 1. The lowest BCUT2D eigenvalue weighted by molar-refractivity contribution is -0.139. The summed E-state index contributed by atoms with van der Waals surface area (Å²) in [5, 5.41) is 8.97. The molecule has 0 saturated heterocycles. The summed E-state index contributed by atoms with van der Waals surface area (Å²) in [6.45, 7) is 1.52. The molecular formula is C19H19ClFNO5. The van der Waals surface area contributed by atoms with Crippen molar-refractivity contribution in [1.82, 2.24) is 4.90 Å². The Kier molecular flexibility index (Phi) is 7.01. The van der Waals surface area contributed by atoms with Gasteiger partial charge in [-0.25, -0.2) is 9.18 Å². The molecule has 0 radical (unpaired) electrons. The number of carboxylic acids is 1. The van der Waals surface area contributed by atoms with Gasteiger partial charge >= 0.3 is 5.97 Å². The fraction of sp³-hybridized carbons (Fsp3) is 0.263. The third-order valence-corrected chi connectivity index (χ3v) is 4.00. The van der Waals surface area contributed by atoms with Crippen molar-refractivity contribution in [1.29, 1.82) is 0 Å². The van der Waals surface area contributed by atoms with Gasteiger partial charge in [0, 0.05) is 29.7 Å². The topological polar surface area (TPSA) is 76.1 Å². The quantitative estimate of drug-likeness (QED) is 0.738. The number of halogens is 2. The molecule has 8 heteroatoms. The number of rotatable bonds is 8.